The number of benzene rings is 6. The minimum atomic E-state index is -1.08. The Morgan fingerprint density at radius 3 is 1.31 bits per heavy atom. The molecule has 0 radical (unpaired) electrons. The van der Waals surface area contributed by atoms with Crippen molar-refractivity contribution in [2.75, 3.05) is 0 Å². The lowest BCUT2D eigenvalue weighted by molar-refractivity contribution is 0.223. The van der Waals surface area contributed by atoms with E-state index in [1.807, 2.05) is 0 Å². The molecule has 0 fully saturated rings. The fourth-order valence-electron chi connectivity index (χ4n) is 10.8. The number of aliphatic hydroxyl groups is 1. The number of hydrogen-bond donors (Lipinski definition) is 3. The van der Waals surface area contributed by atoms with Crippen molar-refractivity contribution in [1.82, 2.24) is 19.9 Å². The molecule has 5 heteroatoms. The summed E-state index contributed by atoms with van der Waals surface area (Å²) in [5.41, 5.74) is 20.3. The lowest BCUT2D eigenvalue weighted by Crippen LogP contribution is -2.11. The van der Waals surface area contributed by atoms with Gasteiger partial charge in [-0.15, -0.1) is 0 Å². The number of rotatable bonds is 4. The van der Waals surface area contributed by atoms with E-state index in [4.69, 9.17) is 9.97 Å². The normalized spacial score (nSPS) is 14.3. The first-order valence-electron chi connectivity index (χ1n) is 25.6. The fourth-order valence-corrected chi connectivity index (χ4v) is 10.8. The van der Waals surface area contributed by atoms with Crippen LogP contribution in [-0.4, -0.2) is 25.0 Å². The molecule has 6 aromatic carbocycles. The van der Waals surface area contributed by atoms with Crippen LogP contribution in [0.4, 0.5) is 0 Å². The zero-order valence-electron chi connectivity index (χ0n) is 43.9. The number of hydrogen-bond acceptors (Lipinski definition) is 3. The van der Waals surface area contributed by atoms with E-state index in [-0.39, 0.29) is 21.7 Å². The second-order valence-corrected chi connectivity index (χ2v) is 24.2. The second kappa shape index (κ2) is 16.9. The van der Waals surface area contributed by atoms with Crippen molar-refractivity contribution in [2.24, 2.45) is 0 Å². The summed E-state index contributed by atoms with van der Waals surface area (Å²) in [5, 5.41) is 16.5. The highest BCUT2D eigenvalue weighted by atomic mass is 16.3. The van der Waals surface area contributed by atoms with Gasteiger partial charge in [0.1, 0.15) is 6.10 Å². The van der Waals surface area contributed by atoms with E-state index in [1.165, 1.54) is 22.3 Å². The highest BCUT2D eigenvalue weighted by Crippen LogP contribution is 2.49. The van der Waals surface area contributed by atoms with Gasteiger partial charge in [-0.1, -0.05) is 198 Å². The van der Waals surface area contributed by atoms with E-state index >= 15 is 0 Å². The maximum absolute atomic E-state index is 13.4. The summed E-state index contributed by atoms with van der Waals surface area (Å²) in [6.45, 7) is 27.0. The SMILES string of the molecule is CC(C)(C)c1ccc(-c2c3nc(c4c5nc(c(-c6ccc(C(C)(C)C)cc6)c6ccc([nH]6)c(-c6ccc(C(C)(C)C)cc6)c6ccc2[nH]6)C(O)c5c(-c2ccccc2)c2cc(C(C)(C)C)ccc24)C=C3)cc1. The number of aliphatic hydroxyl groups excluding tert-OH is 1. The first-order valence-corrected chi connectivity index (χ1v) is 25.6. The minimum Gasteiger partial charge on any atom is -0.382 e. The second-order valence-electron chi connectivity index (χ2n) is 24.2. The molecular weight excluding hydrogens is 877 g/mol. The Bertz CT molecular complexity index is 3800. The highest BCUT2D eigenvalue weighted by Gasteiger charge is 2.33. The van der Waals surface area contributed by atoms with Gasteiger partial charge in [-0.3, -0.25) is 0 Å². The summed E-state index contributed by atoms with van der Waals surface area (Å²) in [4.78, 5) is 19.3. The lowest BCUT2D eigenvalue weighted by atomic mass is 9.82. The largest absolute Gasteiger partial charge is 0.382 e. The molecule has 0 spiro atoms. The quantitative estimate of drug-likeness (QED) is 0.164. The van der Waals surface area contributed by atoms with Crippen LogP contribution in [0.3, 0.4) is 0 Å². The number of H-pyrrole nitrogens is 2. The van der Waals surface area contributed by atoms with E-state index in [0.29, 0.717) is 5.69 Å². The summed E-state index contributed by atoms with van der Waals surface area (Å²) in [5.74, 6) is 0. The Labute approximate surface area is 424 Å². The third-order valence-electron chi connectivity index (χ3n) is 15.0. The third-order valence-corrected chi connectivity index (χ3v) is 15.0. The van der Waals surface area contributed by atoms with Crippen molar-refractivity contribution in [2.45, 2.75) is 111 Å². The van der Waals surface area contributed by atoms with Crippen molar-refractivity contribution in [1.29, 1.82) is 0 Å². The molecule has 0 aliphatic carbocycles. The average Bonchev–Trinajstić information content (AvgIpc) is 4.17. The van der Waals surface area contributed by atoms with Gasteiger partial charge in [0.05, 0.1) is 22.6 Å². The molecule has 1 unspecified atom stereocenters. The van der Waals surface area contributed by atoms with E-state index in [9.17, 15) is 5.11 Å². The summed E-state index contributed by atoms with van der Waals surface area (Å²) >= 11 is 0. The first-order chi connectivity index (χ1) is 34.1. The minimum absolute atomic E-state index is 0.00549. The molecule has 3 N–H and O–H groups in total. The molecule has 72 heavy (non-hydrogen) atoms. The van der Waals surface area contributed by atoms with Crippen molar-refractivity contribution in [3.05, 3.63) is 190 Å². The summed E-state index contributed by atoms with van der Waals surface area (Å²) in [6.07, 6.45) is 3.23. The topological polar surface area (TPSA) is 77.6 Å². The first kappa shape index (κ1) is 47.0. The van der Waals surface area contributed by atoms with Crippen molar-refractivity contribution in [3.8, 4) is 44.5 Å². The molecule has 0 amide bonds. The molecule has 5 heterocycles. The van der Waals surface area contributed by atoms with E-state index in [1.54, 1.807) is 0 Å². The van der Waals surface area contributed by atoms with Gasteiger partial charge in [0.2, 0.25) is 0 Å². The van der Waals surface area contributed by atoms with Gasteiger partial charge in [0.15, 0.2) is 0 Å². The van der Waals surface area contributed by atoms with Crippen LogP contribution < -0.4 is 0 Å². The molecule has 360 valence electrons. The molecule has 8 bridgehead atoms. The number of fused-ring (bicyclic) bond motifs is 10. The standard InChI is InChI=1S/C67H66N4O/c1-64(2,3)43-24-18-40(19-25-43)56-49-32-33-50(68-49)57(41-20-26-44(27-21-41)65(4,5)6)52-35-37-54(70-52)59-47-31-30-46(67(10,11)12)38-48(47)55(39-16-14-13-15-17-39)60-61(59)71-62(63(60)72)58(53-36-34-51(56)69-53)42-22-28-45(29-23-42)66(7,8)9/h13-38,63,68-69,72H,1-12H3. The van der Waals surface area contributed by atoms with Crippen LogP contribution in [0, 0.1) is 0 Å². The van der Waals surface area contributed by atoms with Gasteiger partial charge in [0, 0.05) is 49.7 Å². The average molecular weight is 943 g/mol. The van der Waals surface area contributed by atoms with Crippen LogP contribution >= 0.6 is 0 Å². The van der Waals surface area contributed by atoms with Gasteiger partial charge < -0.3 is 15.1 Å². The zero-order valence-corrected chi connectivity index (χ0v) is 43.9. The van der Waals surface area contributed by atoms with Gasteiger partial charge in [-0.05, 0) is 125 Å². The van der Waals surface area contributed by atoms with Crippen molar-refractivity contribution < 1.29 is 5.11 Å². The number of nitrogens with one attached hydrogen (secondary N) is 2. The Kier molecular flexibility index (Phi) is 11.0. The molecule has 3 aromatic heterocycles. The van der Waals surface area contributed by atoms with Crippen molar-refractivity contribution >= 4 is 55.9 Å². The molecule has 1 atom stereocenters. The van der Waals surface area contributed by atoms with Gasteiger partial charge >= 0.3 is 0 Å². The maximum atomic E-state index is 13.4. The Morgan fingerprint density at radius 2 is 0.806 bits per heavy atom. The van der Waals surface area contributed by atoms with Gasteiger partial charge in [-0.25, -0.2) is 9.97 Å². The highest BCUT2D eigenvalue weighted by molar-refractivity contribution is 6.18. The smallest absolute Gasteiger partial charge is 0.124 e. The summed E-state index contributed by atoms with van der Waals surface area (Å²) in [6, 6.07) is 53.0. The number of nitrogens with zero attached hydrogens (tertiary/aromatic N) is 2. The molecule has 2 aliphatic heterocycles. The predicted octanol–water partition coefficient (Wildman–Crippen LogP) is 17.7. The maximum Gasteiger partial charge on any atom is 0.124 e. The molecule has 0 saturated carbocycles. The Hall–Kier alpha value is -7.34. The van der Waals surface area contributed by atoms with Gasteiger partial charge in [0.25, 0.3) is 0 Å². The fraction of sp³-hybridized carbons (Fsp3) is 0.254. The van der Waals surface area contributed by atoms with Crippen LogP contribution in [0.5, 0.6) is 0 Å². The van der Waals surface area contributed by atoms with Crippen LogP contribution in [0.25, 0.3) is 100 Å². The van der Waals surface area contributed by atoms with Crippen molar-refractivity contribution in [3.63, 3.8) is 0 Å². The predicted molar refractivity (Wildman–Crippen MR) is 306 cm³/mol. The monoisotopic (exact) mass is 943 g/mol. The Morgan fingerprint density at radius 1 is 0.389 bits per heavy atom. The molecule has 9 aromatic rings. The van der Waals surface area contributed by atoms with Crippen LogP contribution in [0.1, 0.15) is 134 Å². The third kappa shape index (κ3) is 8.18. The van der Waals surface area contributed by atoms with E-state index in [0.717, 1.165) is 105 Å². The number of aromatic amines is 2. The van der Waals surface area contributed by atoms with E-state index in [2.05, 4.69) is 251 Å². The molecular formula is C67H66N4O. The molecule has 11 rings (SSSR count). The lowest BCUT2D eigenvalue weighted by Gasteiger charge is -2.22. The summed E-state index contributed by atoms with van der Waals surface area (Å²) < 4.78 is 0. The Balaban J connectivity index is 1.35. The molecule has 5 nitrogen and oxygen atoms in total. The van der Waals surface area contributed by atoms with Crippen LogP contribution in [0.15, 0.2) is 146 Å². The molecule has 2 aliphatic rings. The zero-order chi connectivity index (χ0) is 50.6. The van der Waals surface area contributed by atoms with Gasteiger partial charge in [-0.2, -0.15) is 0 Å². The van der Waals surface area contributed by atoms with E-state index < -0.39 is 6.10 Å². The number of aromatic nitrogens is 4. The molecule has 0 saturated heterocycles. The summed E-state index contributed by atoms with van der Waals surface area (Å²) in [7, 11) is 0. The van der Waals surface area contributed by atoms with Crippen LogP contribution in [-0.2, 0) is 21.7 Å². The van der Waals surface area contributed by atoms with Crippen LogP contribution in [0.2, 0.25) is 0 Å².